The molecule has 4 nitrogen and oxygen atoms in total. The van der Waals surface area contributed by atoms with Crippen LogP contribution in [0.3, 0.4) is 0 Å². The zero-order chi connectivity index (χ0) is 8.97. The molecule has 4 heteroatoms. The molecule has 0 amide bonds. The van der Waals surface area contributed by atoms with Crippen molar-refractivity contribution in [2.75, 3.05) is 13.7 Å². The third-order valence-corrected chi connectivity index (χ3v) is 1.59. The Balaban J connectivity index is 2.86. The Bertz CT molecular complexity index is 253. The molecule has 0 aliphatic heterocycles. The van der Waals surface area contributed by atoms with Gasteiger partial charge < -0.3 is 15.6 Å². The normalized spacial score (nSPS) is 12.6. The number of aliphatic hydroxyl groups excluding tert-OH is 1. The lowest BCUT2D eigenvalue weighted by Crippen LogP contribution is -2.14. The summed E-state index contributed by atoms with van der Waals surface area (Å²) in [5, 5.41) is 8.76. The summed E-state index contributed by atoms with van der Waals surface area (Å²) in [6, 6.07) is 1.38. The van der Waals surface area contributed by atoms with E-state index in [1.807, 2.05) is 0 Å². The highest BCUT2D eigenvalue weighted by molar-refractivity contribution is 5.25. The molecular weight excluding hydrogens is 156 g/mol. The number of nitrogens with zero attached hydrogens (tertiary/aromatic N) is 1. The molecule has 3 N–H and O–H groups in total. The number of rotatable bonds is 3. The van der Waals surface area contributed by atoms with E-state index in [4.69, 9.17) is 15.6 Å². The van der Waals surface area contributed by atoms with Crippen LogP contribution in [0.1, 0.15) is 11.6 Å². The van der Waals surface area contributed by atoms with Gasteiger partial charge in [-0.3, -0.25) is 4.98 Å². The molecule has 0 aliphatic carbocycles. The van der Waals surface area contributed by atoms with Gasteiger partial charge >= 0.3 is 0 Å². The molecule has 0 bridgehead atoms. The Kier molecular flexibility index (Phi) is 3.01. The van der Waals surface area contributed by atoms with Crippen molar-refractivity contribution in [2.45, 2.75) is 6.04 Å². The number of aliphatic hydroxyl groups is 1. The molecule has 12 heavy (non-hydrogen) atoms. The Morgan fingerprint density at radius 3 is 3.00 bits per heavy atom. The first kappa shape index (κ1) is 8.96. The molecule has 1 aromatic heterocycles. The van der Waals surface area contributed by atoms with Crippen LogP contribution in [0.4, 0.5) is 0 Å². The third kappa shape index (κ3) is 1.93. The molecule has 0 saturated carbocycles. The summed E-state index contributed by atoms with van der Waals surface area (Å²) in [6.45, 7) is -0.0884. The topological polar surface area (TPSA) is 68.4 Å². The van der Waals surface area contributed by atoms with Crippen LogP contribution >= 0.6 is 0 Å². The van der Waals surface area contributed by atoms with Crippen molar-refractivity contribution in [1.82, 2.24) is 4.98 Å². The molecule has 0 unspecified atom stereocenters. The first-order chi connectivity index (χ1) is 5.77. The average Bonchev–Trinajstić information content (AvgIpc) is 2.17. The second-order valence-corrected chi connectivity index (χ2v) is 2.45. The van der Waals surface area contributed by atoms with Crippen molar-refractivity contribution in [2.24, 2.45) is 5.73 Å². The largest absolute Gasteiger partial charge is 0.495 e. The molecule has 0 fully saturated rings. The smallest absolute Gasteiger partial charge is 0.137 e. The minimum absolute atomic E-state index is 0.0884. The van der Waals surface area contributed by atoms with Crippen LogP contribution in [0.5, 0.6) is 5.75 Å². The van der Waals surface area contributed by atoms with E-state index in [1.54, 1.807) is 25.6 Å². The van der Waals surface area contributed by atoms with E-state index in [1.165, 1.54) is 0 Å². The van der Waals surface area contributed by atoms with Crippen molar-refractivity contribution < 1.29 is 9.84 Å². The molecule has 0 saturated heterocycles. The first-order valence-corrected chi connectivity index (χ1v) is 3.63. The summed E-state index contributed by atoms with van der Waals surface area (Å²) < 4.78 is 4.95. The van der Waals surface area contributed by atoms with E-state index in [0.717, 1.165) is 5.56 Å². The van der Waals surface area contributed by atoms with Gasteiger partial charge in [0.05, 0.1) is 26.0 Å². The molecule has 0 aromatic carbocycles. The number of pyridine rings is 1. The van der Waals surface area contributed by atoms with E-state index >= 15 is 0 Å². The Morgan fingerprint density at radius 2 is 2.42 bits per heavy atom. The third-order valence-electron chi connectivity index (χ3n) is 1.59. The van der Waals surface area contributed by atoms with Gasteiger partial charge in [-0.15, -0.1) is 0 Å². The van der Waals surface area contributed by atoms with E-state index in [-0.39, 0.29) is 12.6 Å². The zero-order valence-corrected chi connectivity index (χ0v) is 6.90. The standard InChI is InChI=1S/C8H12N2O2/c1-12-7-2-6(3-10-4-7)8(9)5-11/h2-4,8,11H,5,9H2,1H3/t8-/m0/s1. The fraction of sp³-hybridized carbons (Fsp3) is 0.375. The van der Waals surface area contributed by atoms with E-state index < -0.39 is 0 Å². The second-order valence-electron chi connectivity index (χ2n) is 2.45. The van der Waals surface area contributed by atoms with Crippen molar-refractivity contribution in [3.63, 3.8) is 0 Å². The lowest BCUT2D eigenvalue weighted by molar-refractivity contribution is 0.267. The summed E-state index contributed by atoms with van der Waals surface area (Å²) in [4.78, 5) is 3.91. The molecule has 0 spiro atoms. The number of hydrogen-bond donors (Lipinski definition) is 2. The van der Waals surface area contributed by atoms with Gasteiger partial charge in [0.1, 0.15) is 5.75 Å². The summed E-state index contributed by atoms with van der Waals surface area (Å²) in [7, 11) is 1.56. The summed E-state index contributed by atoms with van der Waals surface area (Å²) in [5.41, 5.74) is 6.35. The van der Waals surface area contributed by atoms with Crippen LogP contribution in [0, 0.1) is 0 Å². The van der Waals surface area contributed by atoms with Gasteiger partial charge in [0.25, 0.3) is 0 Å². The quantitative estimate of drug-likeness (QED) is 0.670. The van der Waals surface area contributed by atoms with Crippen molar-refractivity contribution >= 4 is 0 Å². The van der Waals surface area contributed by atoms with Gasteiger partial charge in [0.2, 0.25) is 0 Å². The maximum atomic E-state index is 8.76. The summed E-state index contributed by atoms with van der Waals surface area (Å²) >= 11 is 0. The lowest BCUT2D eigenvalue weighted by Gasteiger charge is -2.08. The van der Waals surface area contributed by atoms with Crippen LogP contribution < -0.4 is 10.5 Å². The number of methoxy groups -OCH3 is 1. The Morgan fingerprint density at radius 1 is 1.67 bits per heavy atom. The van der Waals surface area contributed by atoms with Crippen LogP contribution in [0.2, 0.25) is 0 Å². The summed E-state index contributed by atoms with van der Waals surface area (Å²) in [5.74, 6) is 0.649. The van der Waals surface area contributed by atoms with Gasteiger partial charge in [-0.2, -0.15) is 0 Å². The molecule has 0 radical (unpaired) electrons. The molecule has 1 atom stereocenters. The number of ether oxygens (including phenoxy) is 1. The van der Waals surface area contributed by atoms with Gasteiger partial charge in [-0.25, -0.2) is 0 Å². The van der Waals surface area contributed by atoms with Crippen LogP contribution in [0.25, 0.3) is 0 Å². The van der Waals surface area contributed by atoms with Gasteiger partial charge in [0.15, 0.2) is 0 Å². The highest BCUT2D eigenvalue weighted by Gasteiger charge is 2.04. The van der Waals surface area contributed by atoms with Gasteiger partial charge in [-0.1, -0.05) is 0 Å². The van der Waals surface area contributed by atoms with Gasteiger partial charge in [-0.05, 0) is 11.6 Å². The minimum atomic E-state index is -0.382. The first-order valence-electron chi connectivity index (χ1n) is 3.63. The van der Waals surface area contributed by atoms with Crippen molar-refractivity contribution in [3.05, 3.63) is 24.0 Å². The molecule has 1 aromatic rings. The zero-order valence-electron chi connectivity index (χ0n) is 6.90. The molecule has 0 aliphatic rings. The fourth-order valence-corrected chi connectivity index (χ4v) is 0.855. The predicted octanol–water partition coefficient (Wildman–Crippen LogP) is 0.0823. The molecule has 1 rings (SSSR count). The Labute approximate surface area is 71.0 Å². The van der Waals surface area contributed by atoms with Crippen LogP contribution in [-0.4, -0.2) is 23.8 Å². The monoisotopic (exact) mass is 168 g/mol. The second kappa shape index (κ2) is 4.04. The lowest BCUT2D eigenvalue weighted by atomic mass is 10.1. The highest BCUT2D eigenvalue weighted by atomic mass is 16.5. The number of aromatic nitrogens is 1. The average molecular weight is 168 g/mol. The molecular formula is C8H12N2O2. The maximum absolute atomic E-state index is 8.76. The van der Waals surface area contributed by atoms with E-state index in [0.29, 0.717) is 5.75 Å². The van der Waals surface area contributed by atoms with Crippen molar-refractivity contribution in [3.8, 4) is 5.75 Å². The SMILES string of the molecule is COc1cncc([C@@H](N)CO)c1. The van der Waals surface area contributed by atoms with Gasteiger partial charge in [0, 0.05) is 6.20 Å². The Hall–Kier alpha value is -1.13. The molecule has 1 heterocycles. The fourth-order valence-electron chi connectivity index (χ4n) is 0.855. The molecule has 66 valence electrons. The summed E-state index contributed by atoms with van der Waals surface area (Å²) in [6.07, 6.45) is 3.21. The van der Waals surface area contributed by atoms with E-state index in [2.05, 4.69) is 4.98 Å². The van der Waals surface area contributed by atoms with Crippen molar-refractivity contribution in [1.29, 1.82) is 0 Å². The van der Waals surface area contributed by atoms with E-state index in [9.17, 15) is 0 Å². The number of hydrogen-bond acceptors (Lipinski definition) is 4. The minimum Gasteiger partial charge on any atom is -0.495 e. The van der Waals surface area contributed by atoms with Crippen LogP contribution in [0.15, 0.2) is 18.5 Å². The van der Waals surface area contributed by atoms with Crippen LogP contribution in [-0.2, 0) is 0 Å². The number of nitrogens with two attached hydrogens (primary N) is 1. The predicted molar refractivity (Wildman–Crippen MR) is 44.8 cm³/mol. The maximum Gasteiger partial charge on any atom is 0.137 e. The highest BCUT2D eigenvalue weighted by Crippen LogP contribution is 2.14.